The average molecular weight is 296 g/mol. The predicted molar refractivity (Wildman–Crippen MR) is 91.9 cm³/mol. The first-order valence-corrected chi connectivity index (χ1v) is 8.04. The van der Waals surface area contributed by atoms with Crippen LogP contribution in [0.2, 0.25) is 0 Å². The molecule has 0 radical (unpaired) electrons. The van der Waals surface area contributed by atoms with Crippen LogP contribution in [0, 0.1) is 0 Å². The van der Waals surface area contributed by atoms with E-state index in [0.717, 1.165) is 44.6 Å². The molecular weight excluding hydrogens is 272 g/mol. The Morgan fingerprint density at radius 2 is 1.73 bits per heavy atom. The Morgan fingerprint density at radius 3 is 2.50 bits per heavy atom. The minimum absolute atomic E-state index is 0.919. The molecule has 22 heavy (non-hydrogen) atoms. The first kappa shape index (κ1) is 14.9. The molecule has 1 heterocycles. The minimum atomic E-state index is 0.919. The molecule has 3 heteroatoms. The van der Waals surface area contributed by atoms with Crippen molar-refractivity contribution in [1.29, 1.82) is 0 Å². The molecule has 2 N–H and O–H groups in total. The average Bonchev–Trinajstić information content (AvgIpc) is 3.03. The number of hydrogen-bond donors (Lipinski definition) is 2. The summed E-state index contributed by atoms with van der Waals surface area (Å²) in [5.41, 5.74) is 5.56. The van der Waals surface area contributed by atoms with E-state index in [4.69, 9.17) is 4.74 Å². The molecule has 2 aromatic rings. The second kappa shape index (κ2) is 7.32. The topological polar surface area (TPSA) is 33.3 Å². The highest BCUT2D eigenvalue weighted by Crippen LogP contribution is 2.23. The lowest BCUT2D eigenvalue weighted by Gasteiger charge is -2.07. The molecule has 3 nitrogen and oxygen atoms in total. The lowest BCUT2D eigenvalue weighted by Crippen LogP contribution is -2.20. The maximum absolute atomic E-state index is 5.17. The summed E-state index contributed by atoms with van der Waals surface area (Å²) in [4.78, 5) is 0. The first-order valence-electron chi connectivity index (χ1n) is 8.04. The van der Waals surface area contributed by atoms with Crippen LogP contribution in [0.5, 0.6) is 5.75 Å². The van der Waals surface area contributed by atoms with Crippen molar-refractivity contribution in [3.8, 4) is 5.75 Å². The highest BCUT2D eigenvalue weighted by molar-refractivity contribution is 5.56. The third kappa shape index (κ3) is 3.80. The molecule has 0 saturated carbocycles. The van der Waals surface area contributed by atoms with Crippen molar-refractivity contribution in [3.63, 3.8) is 0 Å². The Hall–Kier alpha value is -2.00. The molecule has 1 aliphatic rings. The first-order chi connectivity index (χ1) is 10.8. The summed E-state index contributed by atoms with van der Waals surface area (Å²) in [6.45, 7) is 3.13. The zero-order valence-corrected chi connectivity index (χ0v) is 13.2. The molecule has 3 rings (SSSR count). The van der Waals surface area contributed by atoms with Gasteiger partial charge in [0.2, 0.25) is 0 Å². The van der Waals surface area contributed by atoms with E-state index in [1.165, 1.54) is 22.4 Å². The molecule has 0 fully saturated rings. The summed E-state index contributed by atoms with van der Waals surface area (Å²) >= 11 is 0. The molecule has 0 bridgehead atoms. The molecule has 0 aliphatic carbocycles. The molecule has 0 aromatic heterocycles. The standard InChI is InChI=1S/C19H24N2O/c1-22-18-5-2-15(3-6-18)8-11-20-12-9-16-4-7-19-17(14-16)10-13-21-19/h2-7,14,20-21H,8-13H2,1H3. The summed E-state index contributed by atoms with van der Waals surface area (Å²) in [7, 11) is 1.70. The molecule has 0 spiro atoms. The SMILES string of the molecule is COc1ccc(CCNCCc2ccc3c(c2)CCN3)cc1. The van der Waals surface area contributed by atoms with Gasteiger partial charge in [-0.2, -0.15) is 0 Å². The molecule has 0 amide bonds. The molecule has 2 aromatic carbocycles. The van der Waals surface area contributed by atoms with Gasteiger partial charge in [0.1, 0.15) is 5.75 Å². The van der Waals surface area contributed by atoms with Gasteiger partial charge in [-0.15, -0.1) is 0 Å². The van der Waals surface area contributed by atoms with E-state index in [0.29, 0.717) is 0 Å². The van der Waals surface area contributed by atoms with Crippen molar-refractivity contribution in [2.24, 2.45) is 0 Å². The summed E-state index contributed by atoms with van der Waals surface area (Å²) in [6.07, 6.45) is 3.31. The molecule has 116 valence electrons. The van der Waals surface area contributed by atoms with Crippen LogP contribution in [0.3, 0.4) is 0 Å². The molecule has 1 aliphatic heterocycles. The quantitative estimate of drug-likeness (QED) is 0.771. The highest BCUT2D eigenvalue weighted by Gasteiger charge is 2.09. The van der Waals surface area contributed by atoms with Crippen molar-refractivity contribution in [2.75, 3.05) is 32.1 Å². The van der Waals surface area contributed by atoms with E-state index < -0.39 is 0 Å². The maximum Gasteiger partial charge on any atom is 0.118 e. The van der Waals surface area contributed by atoms with Gasteiger partial charge < -0.3 is 15.4 Å². The Bertz CT molecular complexity index is 607. The number of benzene rings is 2. The number of rotatable bonds is 7. The third-order valence-electron chi connectivity index (χ3n) is 4.22. The lowest BCUT2D eigenvalue weighted by molar-refractivity contribution is 0.414. The van der Waals surface area contributed by atoms with Gasteiger partial charge in [-0.3, -0.25) is 0 Å². The monoisotopic (exact) mass is 296 g/mol. The molecule has 0 unspecified atom stereocenters. The maximum atomic E-state index is 5.17. The number of hydrogen-bond acceptors (Lipinski definition) is 3. The van der Waals surface area contributed by atoms with Gasteiger partial charge in [0.05, 0.1) is 7.11 Å². The normalized spacial score (nSPS) is 12.8. The van der Waals surface area contributed by atoms with Gasteiger partial charge in [0.25, 0.3) is 0 Å². The Labute approximate surface area is 132 Å². The second-order valence-corrected chi connectivity index (χ2v) is 5.77. The van der Waals surface area contributed by atoms with Gasteiger partial charge >= 0.3 is 0 Å². The van der Waals surface area contributed by atoms with E-state index in [1.807, 2.05) is 12.1 Å². The van der Waals surface area contributed by atoms with Crippen molar-refractivity contribution in [1.82, 2.24) is 5.32 Å². The highest BCUT2D eigenvalue weighted by atomic mass is 16.5. The number of fused-ring (bicyclic) bond motifs is 1. The smallest absolute Gasteiger partial charge is 0.118 e. The van der Waals surface area contributed by atoms with Crippen molar-refractivity contribution in [2.45, 2.75) is 19.3 Å². The Kier molecular flexibility index (Phi) is 4.96. The second-order valence-electron chi connectivity index (χ2n) is 5.77. The van der Waals surface area contributed by atoms with E-state index >= 15 is 0 Å². The zero-order chi connectivity index (χ0) is 15.2. The fourth-order valence-electron chi connectivity index (χ4n) is 2.90. The number of anilines is 1. The van der Waals surface area contributed by atoms with Crippen LogP contribution >= 0.6 is 0 Å². The summed E-state index contributed by atoms with van der Waals surface area (Å²) in [5, 5.41) is 6.94. The number of ether oxygens (including phenoxy) is 1. The zero-order valence-electron chi connectivity index (χ0n) is 13.2. The summed E-state index contributed by atoms with van der Waals surface area (Å²) < 4.78 is 5.17. The fraction of sp³-hybridized carbons (Fsp3) is 0.368. The van der Waals surface area contributed by atoms with Crippen LogP contribution in [0.1, 0.15) is 16.7 Å². The minimum Gasteiger partial charge on any atom is -0.497 e. The van der Waals surface area contributed by atoms with Gasteiger partial charge in [0.15, 0.2) is 0 Å². The lowest BCUT2D eigenvalue weighted by atomic mass is 10.1. The molecule has 0 saturated heterocycles. The van der Waals surface area contributed by atoms with Gasteiger partial charge in [0, 0.05) is 12.2 Å². The van der Waals surface area contributed by atoms with Crippen LogP contribution in [0.4, 0.5) is 5.69 Å². The molecule has 0 atom stereocenters. The van der Waals surface area contributed by atoms with E-state index in [2.05, 4.69) is 41.0 Å². The van der Waals surface area contributed by atoms with Gasteiger partial charge in [-0.25, -0.2) is 0 Å². The van der Waals surface area contributed by atoms with Gasteiger partial charge in [-0.1, -0.05) is 24.3 Å². The van der Waals surface area contributed by atoms with Crippen LogP contribution in [-0.4, -0.2) is 26.7 Å². The molecular formula is C19H24N2O. The van der Waals surface area contributed by atoms with Crippen LogP contribution in [-0.2, 0) is 19.3 Å². The van der Waals surface area contributed by atoms with Crippen LogP contribution in [0.15, 0.2) is 42.5 Å². The Morgan fingerprint density at radius 1 is 1.00 bits per heavy atom. The van der Waals surface area contributed by atoms with Crippen molar-refractivity contribution in [3.05, 3.63) is 59.2 Å². The largest absolute Gasteiger partial charge is 0.497 e. The summed E-state index contributed by atoms with van der Waals surface area (Å²) in [6, 6.07) is 15.1. The van der Waals surface area contributed by atoms with Crippen molar-refractivity contribution < 1.29 is 4.74 Å². The number of methoxy groups -OCH3 is 1. The van der Waals surface area contributed by atoms with Crippen molar-refractivity contribution >= 4 is 5.69 Å². The Balaban J connectivity index is 1.38. The van der Waals surface area contributed by atoms with Gasteiger partial charge in [-0.05, 0) is 67.2 Å². The predicted octanol–water partition coefficient (Wildman–Crippen LogP) is 3.04. The summed E-state index contributed by atoms with van der Waals surface area (Å²) in [5.74, 6) is 0.919. The van der Waals surface area contributed by atoms with E-state index in [-0.39, 0.29) is 0 Å². The van der Waals surface area contributed by atoms with Crippen LogP contribution < -0.4 is 15.4 Å². The van der Waals surface area contributed by atoms with E-state index in [1.54, 1.807) is 7.11 Å². The van der Waals surface area contributed by atoms with Crippen LogP contribution in [0.25, 0.3) is 0 Å². The number of nitrogens with one attached hydrogen (secondary N) is 2. The van der Waals surface area contributed by atoms with E-state index in [9.17, 15) is 0 Å². The fourth-order valence-corrected chi connectivity index (χ4v) is 2.90. The third-order valence-corrected chi connectivity index (χ3v) is 4.22.